The molecule has 0 radical (unpaired) electrons. The van der Waals surface area contributed by atoms with Gasteiger partial charge in [-0.3, -0.25) is 4.99 Å². The van der Waals surface area contributed by atoms with Crippen molar-refractivity contribution in [1.82, 2.24) is 4.90 Å². The molecule has 0 aliphatic carbocycles. The number of aliphatic imine (C=N–C) groups is 1. The third-order valence-corrected chi connectivity index (χ3v) is 5.86. The molecule has 0 aromatic heterocycles. The number of nitrogens with zero attached hydrogens (tertiary/aromatic N) is 2. The molecule has 2 unspecified atom stereocenters. The van der Waals surface area contributed by atoms with Gasteiger partial charge in [0.25, 0.3) is 0 Å². The number of likely N-dealkylation sites (tertiary alicyclic amines) is 1. The molecular weight excluding hydrogens is 404 g/mol. The van der Waals surface area contributed by atoms with Crippen molar-refractivity contribution in [3.05, 3.63) is 58.7 Å². The van der Waals surface area contributed by atoms with Gasteiger partial charge in [0, 0.05) is 23.6 Å². The highest BCUT2D eigenvalue weighted by molar-refractivity contribution is 6.15. The lowest BCUT2D eigenvalue weighted by molar-refractivity contribution is 0.0600. The first-order valence-electron chi connectivity index (χ1n) is 9.77. The first-order chi connectivity index (χ1) is 14.0. The predicted molar refractivity (Wildman–Crippen MR) is 119 cm³/mol. The molecule has 2 aliphatic heterocycles. The molecule has 0 N–H and O–H groups in total. The molecule has 7 heteroatoms. The maximum Gasteiger partial charge on any atom is 0.337 e. The Balaban J connectivity index is 0.00000256. The van der Waals surface area contributed by atoms with E-state index in [1.807, 2.05) is 18.2 Å². The molecule has 30 heavy (non-hydrogen) atoms. The number of benzene rings is 2. The van der Waals surface area contributed by atoms with Crippen molar-refractivity contribution in [2.24, 2.45) is 4.99 Å². The Morgan fingerprint density at radius 3 is 2.37 bits per heavy atom. The Hall–Kier alpha value is -2.57. The fourth-order valence-electron chi connectivity index (χ4n) is 4.32. The van der Waals surface area contributed by atoms with Crippen molar-refractivity contribution < 1.29 is 19.0 Å². The van der Waals surface area contributed by atoms with E-state index in [0.717, 1.165) is 42.1 Å². The van der Waals surface area contributed by atoms with Gasteiger partial charge in [0.2, 0.25) is 0 Å². The number of ether oxygens (including phenoxy) is 3. The van der Waals surface area contributed by atoms with Crippen molar-refractivity contribution in [1.29, 1.82) is 0 Å². The van der Waals surface area contributed by atoms with Crippen molar-refractivity contribution in [3.63, 3.8) is 0 Å². The summed E-state index contributed by atoms with van der Waals surface area (Å²) in [7, 11) is 6.85. The highest BCUT2D eigenvalue weighted by Gasteiger charge is 2.36. The monoisotopic (exact) mass is 430 g/mol. The van der Waals surface area contributed by atoms with Crippen LogP contribution in [0.3, 0.4) is 0 Å². The number of hydrogen-bond acceptors (Lipinski definition) is 6. The molecule has 6 nitrogen and oxygen atoms in total. The molecule has 160 valence electrons. The average molecular weight is 431 g/mol. The van der Waals surface area contributed by atoms with Crippen LogP contribution in [0.25, 0.3) is 0 Å². The number of hydrogen-bond donors (Lipinski definition) is 0. The van der Waals surface area contributed by atoms with E-state index in [-0.39, 0.29) is 24.4 Å². The van der Waals surface area contributed by atoms with Crippen LogP contribution in [-0.4, -0.2) is 64.1 Å². The molecule has 1 fully saturated rings. The number of methoxy groups -OCH3 is 3. The summed E-state index contributed by atoms with van der Waals surface area (Å²) in [4.78, 5) is 19.3. The van der Waals surface area contributed by atoms with E-state index in [0.29, 0.717) is 17.2 Å². The number of carbonyl (C=O) groups excluding carboxylic acids is 1. The lowest BCUT2D eigenvalue weighted by Crippen LogP contribution is -2.41. The minimum atomic E-state index is -0.343. The molecule has 2 aliphatic rings. The lowest BCUT2D eigenvalue weighted by atomic mass is 9.79. The van der Waals surface area contributed by atoms with Crippen LogP contribution in [0.15, 0.2) is 41.4 Å². The van der Waals surface area contributed by atoms with Gasteiger partial charge in [0.1, 0.15) is 0 Å². The number of rotatable bonds is 4. The fraction of sp³-hybridized carbons (Fsp3) is 0.391. The van der Waals surface area contributed by atoms with E-state index >= 15 is 0 Å². The largest absolute Gasteiger partial charge is 0.493 e. The maximum absolute atomic E-state index is 11.8. The summed E-state index contributed by atoms with van der Waals surface area (Å²) in [6, 6.07) is 11.8. The highest BCUT2D eigenvalue weighted by atomic mass is 35.5. The Labute approximate surface area is 183 Å². The average Bonchev–Trinajstić information content (AvgIpc) is 2.77. The van der Waals surface area contributed by atoms with Crippen molar-refractivity contribution in [2.75, 3.05) is 41.5 Å². The second-order valence-corrected chi connectivity index (χ2v) is 7.57. The summed E-state index contributed by atoms with van der Waals surface area (Å²) in [5, 5.41) is 0. The van der Waals surface area contributed by atoms with Gasteiger partial charge in [-0.1, -0.05) is 12.1 Å². The molecule has 0 bridgehead atoms. The van der Waals surface area contributed by atoms with E-state index in [1.54, 1.807) is 26.4 Å². The third kappa shape index (κ3) is 3.89. The van der Waals surface area contributed by atoms with E-state index in [9.17, 15) is 4.79 Å². The molecule has 2 atom stereocenters. The number of halogens is 1. The summed E-state index contributed by atoms with van der Waals surface area (Å²) in [5.41, 5.74) is 4.73. The topological polar surface area (TPSA) is 60.4 Å². The second-order valence-electron chi connectivity index (χ2n) is 7.57. The van der Waals surface area contributed by atoms with Crippen molar-refractivity contribution in [3.8, 4) is 11.5 Å². The minimum Gasteiger partial charge on any atom is -0.493 e. The summed E-state index contributed by atoms with van der Waals surface area (Å²) in [5.74, 6) is 1.40. The molecule has 4 rings (SSSR count). The Morgan fingerprint density at radius 2 is 1.73 bits per heavy atom. The van der Waals surface area contributed by atoms with Gasteiger partial charge in [-0.25, -0.2) is 4.79 Å². The van der Waals surface area contributed by atoms with Crippen LogP contribution in [0.5, 0.6) is 11.5 Å². The summed E-state index contributed by atoms with van der Waals surface area (Å²) in [6.45, 7) is 1.99. The summed E-state index contributed by atoms with van der Waals surface area (Å²) >= 11 is 0. The third-order valence-electron chi connectivity index (χ3n) is 5.86. The highest BCUT2D eigenvalue weighted by Crippen LogP contribution is 2.42. The molecule has 2 aromatic rings. The molecular formula is C23H27ClN2O4. The zero-order valence-corrected chi connectivity index (χ0v) is 18.5. The standard InChI is InChI=1S/C23H26N2O4.ClH/c1-25-10-9-19-18(13-25)16-11-20(27-2)21(28-3)12-17(16)22(24-19)14-5-7-15(8-6-14)23(26)29-4;/h5-8,11-12,18-19H,9-10,13H2,1-4H3;1H. The van der Waals surface area contributed by atoms with Crippen LogP contribution in [0.1, 0.15) is 39.4 Å². The molecule has 0 amide bonds. The van der Waals surface area contributed by atoms with Gasteiger partial charge in [0.15, 0.2) is 11.5 Å². The van der Waals surface area contributed by atoms with Gasteiger partial charge in [-0.2, -0.15) is 0 Å². The number of likely N-dealkylation sites (N-methyl/N-ethyl adjacent to an activating group) is 1. The second kappa shape index (κ2) is 9.06. The van der Waals surface area contributed by atoms with Crippen LogP contribution >= 0.6 is 12.4 Å². The maximum atomic E-state index is 11.8. The van der Waals surface area contributed by atoms with E-state index in [2.05, 4.69) is 18.0 Å². The first-order valence-corrected chi connectivity index (χ1v) is 9.77. The van der Waals surface area contributed by atoms with Crippen LogP contribution < -0.4 is 9.47 Å². The molecule has 0 saturated carbocycles. The summed E-state index contributed by atoms with van der Waals surface area (Å²) < 4.78 is 15.9. The quantitative estimate of drug-likeness (QED) is 0.694. The van der Waals surface area contributed by atoms with Crippen molar-refractivity contribution >= 4 is 24.1 Å². The Bertz CT molecular complexity index is 958. The zero-order valence-electron chi connectivity index (χ0n) is 17.7. The Kier molecular flexibility index (Phi) is 6.68. The molecule has 1 saturated heterocycles. The van der Waals surface area contributed by atoms with Gasteiger partial charge in [-0.05, 0) is 49.8 Å². The van der Waals surface area contributed by atoms with Gasteiger partial charge in [-0.15, -0.1) is 12.4 Å². The molecule has 2 aromatic carbocycles. The van der Waals surface area contributed by atoms with Gasteiger partial charge < -0.3 is 19.1 Å². The van der Waals surface area contributed by atoms with Crippen LogP contribution in [-0.2, 0) is 4.74 Å². The SMILES string of the molecule is COC(=O)c1ccc(C2=NC3CCN(C)CC3c3cc(OC)c(OC)cc32)cc1.Cl. The number of fused-ring (bicyclic) bond motifs is 3. The lowest BCUT2D eigenvalue weighted by Gasteiger charge is -2.39. The minimum absolute atomic E-state index is 0. The van der Waals surface area contributed by atoms with Crippen molar-refractivity contribution in [2.45, 2.75) is 18.4 Å². The fourth-order valence-corrected chi connectivity index (χ4v) is 4.32. The van der Waals surface area contributed by atoms with Crippen LogP contribution in [0.4, 0.5) is 0 Å². The first kappa shape index (κ1) is 22.1. The van der Waals surface area contributed by atoms with Crippen LogP contribution in [0, 0.1) is 0 Å². The van der Waals surface area contributed by atoms with E-state index in [4.69, 9.17) is 19.2 Å². The normalized spacial score (nSPS) is 20.2. The number of piperidine rings is 1. The molecule has 2 heterocycles. The van der Waals surface area contributed by atoms with E-state index in [1.165, 1.54) is 12.7 Å². The predicted octanol–water partition coefficient (Wildman–Crippen LogP) is 3.55. The Morgan fingerprint density at radius 1 is 1.07 bits per heavy atom. The van der Waals surface area contributed by atoms with Gasteiger partial charge in [0.05, 0.1) is 38.6 Å². The van der Waals surface area contributed by atoms with Gasteiger partial charge >= 0.3 is 5.97 Å². The number of carbonyl (C=O) groups is 1. The number of esters is 1. The zero-order chi connectivity index (χ0) is 20.5. The van der Waals surface area contributed by atoms with Crippen LogP contribution in [0.2, 0.25) is 0 Å². The summed E-state index contributed by atoms with van der Waals surface area (Å²) in [6.07, 6.45) is 1.01. The van der Waals surface area contributed by atoms with E-state index < -0.39 is 0 Å². The molecule has 0 spiro atoms. The smallest absolute Gasteiger partial charge is 0.337 e.